The summed E-state index contributed by atoms with van der Waals surface area (Å²) in [5, 5.41) is 2.55. The molecule has 2 aromatic carbocycles. The summed E-state index contributed by atoms with van der Waals surface area (Å²) in [5.74, 6) is -0.441. The lowest BCUT2D eigenvalue weighted by Crippen LogP contribution is -2.36. The molecule has 1 N–H and O–H groups in total. The van der Waals surface area contributed by atoms with Gasteiger partial charge in [-0.3, -0.25) is 9.69 Å². The predicted molar refractivity (Wildman–Crippen MR) is 96.7 cm³/mol. The lowest BCUT2D eigenvalue weighted by atomic mass is 10.0. The number of ether oxygens (including phenoxy) is 1. The Kier molecular flexibility index (Phi) is 5.82. The molecule has 0 bridgehead atoms. The number of carbonyl (C=O) groups is 1. The number of nitrogens with zero attached hydrogens (tertiary/aromatic N) is 1. The van der Waals surface area contributed by atoms with Crippen molar-refractivity contribution in [3.8, 4) is 0 Å². The van der Waals surface area contributed by atoms with E-state index in [1.54, 1.807) is 24.3 Å². The Balaban J connectivity index is 1.80. The first kappa shape index (κ1) is 19.4. The van der Waals surface area contributed by atoms with Gasteiger partial charge in [-0.15, -0.1) is 0 Å². The number of aryl methyl sites for hydroxylation is 1. The maximum atomic E-state index is 13.5. The molecule has 7 heteroatoms. The third-order valence-corrected chi connectivity index (χ3v) is 4.48. The molecule has 0 unspecified atom stereocenters. The van der Waals surface area contributed by atoms with E-state index < -0.39 is 17.6 Å². The number of morpholine rings is 1. The summed E-state index contributed by atoms with van der Waals surface area (Å²) in [6.45, 7) is 4.33. The molecule has 27 heavy (non-hydrogen) atoms. The first-order valence-electron chi connectivity index (χ1n) is 8.71. The van der Waals surface area contributed by atoms with Gasteiger partial charge in [0.2, 0.25) is 0 Å². The zero-order chi connectivity index (χ0) is 19.4. The van der Waals surface area contributed by atoms with Crippen molar-refractivity contribution in [1.82, 2.24) is 4.90 Å². The van der Waals surface area contributed by atoms with Gasteiger partial charge in [-0.2, -0.15) is 13.2 Å². The Morgan fingerprint density at radius 1 is 1.11 bits per heavy atom. The number of carbonyl (C=O) groups excluding carboxylic acids is 1. The maximum absolute atomic E-state index is 13.5. The summed E-state index contributed by atoms with van der Waals surface area (Å²) < 4.78 is 45.8. The van der Waals surface area contributed by atoms with E-state index in [9.17, 15) is 18.0 Å². The van der Waals surface area contributed by atoms with Gasteiger partial charge >= 0.3 is 6.18 Å². The highest BCUT2D eigenvalue weighted by Crippen LogP contribution is 2.34. The Morgan fingerprint density at radius 3 is 2.41 bits per heavy atom. The standard InChI is InChI=1S/C20H21F3N2O2/c1-14-2-4-15(5-3-14)19(26)24-17-7-6-16(18(12-17)20(21,22)23)13-25-8-10-27-11-9-25/h2-7,12H,8-11,13H2,1H3,(H,24,26). The Bertz CT molecular complexity index is 798. The minimum Gasteiger partial charge on any atom is -0.379 e. The van der Waals surface area contributed by atoms with E-state index in [4.69, 9.17) is 4.74 Å². The van der Waals surface area contributed by atoms with Crippen molar-refractivity contribution in [2.24, 2.45) is 0 Å². The van der Waals surface area contributed by atoms with Gasteiger partial charge in [0.1, 0.15) is 0 Å². The van der Waals surface area contributed by atoms with Crippen LogP contribution in [0.1, 0.15) is 27.0 Å². The molecule has 2 aromatic rings. The summed E-state index contributed by atoms with van der Waals surface area (Å²) in [6, 6.07) is 10.8. The van der Waals surface area contributed by atoms with Gasteiger partial charge < -0.3 is 10.1 Å². The fourth-order valence-electron chi connectivity index (χ4n) is 2.96. The smallest absolute Gasteiger partial charge is 0.379 e. The molecule has 144 valence electrons. The van der Waals surface area contributed by atoms with Gasteiger partial charge in [-0.25, -0.2) is 0 Å². The molecule has 1 saturated heterocycles. The number of rotatable bonds is 4. The van der Waals surface area contributed by atoms with Gasteiger partial charge in [-0.05, 0) is 36.8 Å². The summed E-state index contributed by atoms with van der Waals surface area (Å²) >= 11 is 0. The van der Waals surface area contributed by atoms with Crippen LogP contribution < -0.4 is 5.32 Å². The van der Waals surface area contributed by atoms with Crippen LogP contribution in [0.3, 0.4) is 0 Å². The predicted octanol–water partition coefficient (Wildman–Crippen LogP) is 4.10. The Morgan fingerprint density at radius 2 is 1.78 bits per heavy atom. The van der Waals surface area contributed by atoms with Crippen LogP contribution >= 0.6 is 0 Å². The van der Waals surface area contributed by atoms with Crippen LogP contribution in [0.5, 0.6) is 0 Å². The number of benzene rings is 2. The highest BCUT2D eigenvalue weighted by Gasteiger charge is 2.34. The van der Waals surface area contributed by atoms with E-state index in [2.05, 4.69) is 5.32 Å². The second-order valence-electron chi connectivity index (χ2n) is 6.58. The van der Waals surface area contributed by atoms with E-state index in [0.29, 0.717) is 31.9 Å². The van der Waals surface area contributed by atoms with Crippen LogP contribution in [-0.2, 0) is 17.5 Å². The van der Waals surface area contributed by atoms with Gasteiger partial charge in [0.05, 0.1) is 18.8 Å². The summed E-state index contributed by atoms with van der Waals surface area (Å²) in [5.41, 5.74) is 0.983. The van der Waals surface area contributed by atoms with E-state index in [1.165, 1.54) is 12.1 Å². The van der Waals surface area contributed by atoms with Crippen LogP contribution in [0, 0.1) is 6.92 Å². The monoisotopic (exact) mass is 378 g/mol. The average molecular weight is 378 g/mol. The number of halogens is 3. The van der Waals surface area contributed by atoms with Crippen LogP contribution in [0.2, 0.25) is 0 Å². The number of alkyl halides is 3. The second kappa shape index (κ2) is 8.10. The van der Waals surface area contributed by atoms with Crippen LogP contribution in [0.25, 0.3) is 0 Å². The van der Waals surface area contributed by atoms with E-state index in [-0.39, 0.29) is 17.8 Å². The molecule has 0 aromatic heterocycles. The quantitative estimate of drug-likeness (QED) is 0.871. The van der Waals surface area contributed by atoms with E-state index in [1.807, 2.05) is 11.8 Å². The molecule has 1 amide bonds. The molecule has 0 aliphatic carbocycles. The molecular weight excluding hydrogens is 357 g/mol. The average Bonchev–Trinajstić information content (AvgIpc) is 2.63. The lowest BCUT2D eigenvalue weighted by molar-refractivity contribution is -0.138. The summed E-state index contributed by atoms with van der Waals surface area (Å²) in [6.07, 6.45) is -4.49. The molecule has 1 aliphatic rings. The van der Waals surface area contributed by atoms with Crippen molar-refractivity contribution in [3.63, 3.8) is 0 Å². The molecule has 0 radical (unpaired) electrons. The fraction of sp³-hybridized carbons (Fsp3) is 0.350. The SMILES string of the molecule is Cc1ccc(C(=O)Nc2ccc(CN3CCOCC3)c(C(F)(F)F)c2)cc1. The highest BCUT2D eigenvalue weighted by atomic mass is 19.4. The van der Waals surface area contributed by atoms with Crippen molar-refractivity contribution in [1.29, 1.82) is 0 Å². The first-order chi connectivity index (χ1) is 12.8. The van der Waals surface area contributed by atoms with E-state index in [0.717, 1.165) is 11.6 Å². The zero-order valence-electron chi connectivity index (χ0n) is 15.0. The third kappa shape index (κ3) is 5.08. The number of anilines is 1. The molecule has 1 heterocycles. The summed E-state index contributed by atoms with van der Waals surface area (Å²) in [4.78, 5) is 14.2. The Hall–Kier alpha value is -2.38. The molecule has 0 spiro atoms. The van der Waals surface area contributed by atoms with Crippen LogP contribution in [-0.4, -0.2) is 37.1 Å². The number of nitrogens with one attached hydrogen (secondary N) is 1. The highest BCUT2D eigenvalue weighted by molar-refractivity contribution is 6.04. The molecular formula is C20H21F3N2O2. The van der Waals surface area contributed by atoms with Crippen molar-refractivity contribution >= 4 is 11.6 Å². The Labute approximate surface area is 155 Å². The summed E-state index contributed by atoms with van der Waals surface area (Å²) in [7, 11) is 0. The molecule has 4 nitrogen and oxygen atoms in total. The third-order valence-electron chi connectivity index (χ3n) is 4.48. The van der Waals surface area contributed by atoms with Gasteiger partial charge in [0, 0.05) is 30.9 Å². The molecule has 1 aliphatic heterocycles. The molecule has 1 fully saturated rings. The minimum atomic E-state index is -4.49. The van der Waals surface area contributed by atoms with Gasteiger partial charge in [-0.1, -0.05) is 23.8 Å². The van der Waals surface area contributed by atoms with Gasteiger partial charge in [0.15, 0.2) is 0 Å². The lowest BCUT2D eigenvalue weighted by Gasteiger charge is -2.27. The second-order valence-corrected chi connectivity index (χ2v) is 6.58. The zero-order valence-corrected chi connectivity index (χ0v) is 15.0. The number of hydrogen-bond acceptors (Lipinski definition) is 3. The van der Waals surface area contributed by atoms with Gasteiger partial charge in [0.25, 0.3) is 5.91 Å². The van der Waals surface area contributed by atoms with Crippen molar-refractivity contribution < 1.29 is 22.7 Å². The van der Waals surface area contributed by atoms with E-state index >= 15 is 0 Å². The van der Waals surface area contributed by atoms with Crippen LogP contribution in [0.15, 0.2) is 42.5 Å². The van der Waals surface area contributed by atoms with Crippen molar-refractivity contribution in [2.75, 3.05) is 31.6 Å². The largest absolute Gasteiger partial charge is 0.416 e. The fourth-order valence-corrected chi connectivity index (χ4v) is 2.96. The van der Waals surface area contributed by atoms with Crippen LogP contribution in [0.4, 0.5) is 18.9 Å². The number of amides is 1. The number of hydrogen-bond donors (Lipinski definition) is 1. The molecule has 0 atom stereocenters. The molecule has 3 rings (SSSR count). The van der Waals surface area contributed by atoms with Crippen molar-refractivity contribution in [2.45, 2.75) is 19.6 Å². The topological polar surface area (TPSA) is 41.6 Å². The maximum Gasteiger partial charge on any atom is 0.416 e. The molecule has 0 saturated carbocycles. The minimum absolute atomic E-state index is 0.124. The first-order valence-corrected chi connectivity index (χ1v) is 8.71. The van der Waals surface area contributed by atoms with Crippen molar-refractivity contribution in [3.05, 3.63) is 64.7 Å². The normalized spacial score (nSPS) is 15.6.